The summed E-state index contributed by atoms with van der Waals surface area (Å²) in [7, 11) is 0. The summed E-state index contributed by atoms with van der Waals surface area (Å²) in [6, 6.07) is 5.76. The Balaban J connectivity index is 2.03. The normalized spacial score (nSPS) is 13.6. The van der Waals surface area contributed by atoms with E-state index in [-0.39, 0.29) is 6.79 Å². The van der Waals surface area contributed by atoms with Gasteiger partial charge in [-0.25, -0.2) is 10.8 Å². The molecule has 6 nitrogen and oxygen atoms in total. The number of aliphatic imine (C=N–C) groups is 1. The van der Waals surface area contributed by atoms with Crippen LogP contribution in [0.25, 0.3) is 0 Å². The third kappa shape index (κ3) is 2.79. The van der Waals surface area contributed by atoms with E-state index in [0.717, 1.165) is 23.6 Å². The number of benzene rings is 1. The maximum absolute atomic E-state index is 5.33. The number of nitrogens with two attached hydrogens (primary N) is 1. The smallest absolute Gasteiger partial charge is 0.231 e. The fraction of sp³-hybridized carbons (Fsp3) is 0.364. The molecule has 0 aliphatic carbocycles. The zero-order chi connectivity index (χ0) is 12.1. The summed E-state index contributed by atoms with van der Waals surface area (Å²) < 4.78 is 10.5. The molecule has 1 aromatic carbocycles. The number of hydrogen-bond donors (Lipinski definition) is 3. The van der Waals surface area contributed by atoms with Crippen LogP contribution in [0.5, 0.6) is 11.5 Å². The second-order valence-electron chi connectivity index (χ2n) is 3.53. The van der Waals surface area contributed by atoms with Gasteiger partial charge in [-0.2, -0.15) is 0 Å². The minimum absolute atomic E-state index is 0.287. The van der Waals surface area contributed by atoms with Gasteiger partial charge >= 0.3 is 0 Å². The molecule has 0 atom stereocenters. The molecule has 0 fully saturated rings. The second-order valence-corrected chi connectivity index (χ2v) is 3.53. The Morgan fingerprint density at radius 2 is 2.24 bits per heavy atom. The van der Waals surface area contributed by atoms with Crippen LogP contribution in [0.3, 0.4) is 0 Å². The van der Waals surface area contributed by atoms with Gasteiger partial charge in [0.1, 0.15) is 0 Å². The SMILES string of the molecule is CCNC(=NCc1ccc2c(c1)OCO2)NN. The molecule has 0 spiro atoms. The summed E-state index contributed by atoms with van der Waals surface area (Å²) >= 11 is 0. The van der Waals surface area contributed by atoms with Crippen LogP contribution in [-0.2, 0) is 6.54 Å². The van der Waals surface area contributed by atoms with Crippen molar-refractivity contribution in [3.8, 4) is 11.5 Å². The number of hydrazine groups is 1. The predicted molar refractivity (Wildman–Crippen MR) is 64.7 cm³/mol. The van der Waals surface area contributed by atoms with Crippen molar-refractivity contribution in [2.45, 2.75) is 13.5 Å². The molecule has 1 aliphatic heterocycles. The summed E-state index contributed by atoms with van der Waals surface area (Å²) in [5.41, 5.74) is 3.55. The minimum atomic E-state index is 0.287. The van der Waals surface area contributed by atoms with Gasteiger partial charge in [-0.15, -0.1) is 0 Å². The summed E-state index contributed by atoms with van der Waals surface area (Å²) in [6.45, 7) is 3.57. The monoisotopic (exact) mass is 236 g/mol. The Hall–Kier alpha value is -1.95. The number of guanidine groups is 1. The number of fused-ring (bicyclic) bond motifs is 1. The fourth-order valence-electron chi connectivity index (χ4n) is 1.53. The molecule has 17 heavy (non-hydrogen) atoms. The summed E-state index contributed by atoms with van der Waals surface area (Å²) in [4.78, 5) is 4.30. The molecule has 1 aromatic rings. The van der Waals surface area contributed by atoms with Crippen LogP contribution in [0, 0.1) is 0 Å². The molecule has 0 radical (unpaired) electrons. The highest BCUT2D eigenvalue weighted by molar-refractivity contribution is 5.79. The van der Waals surface area contributed by atoms with Crippen LogP contribution < -0.4 is 26.1 Å². The maximum atomic E-state index is 5.33. The van der Waals surface area contributed by atoms with E-state index < -0.39 is 0 Å². The third-order valence-electron chi connectivity index (χ3n) is 2.34. The van der Waals surface area contributed by atoms with Gasteiger partial charge in [0.05, 0.1) is 6.54 Å². The van der Waals surface area contributed by atoms with Crippen molar-refractivity contribution < 1.29 is 9.47 Å². The first-order valence-electron chi connectivity index (χ1n) is 5.47. The number of ether oxygens (including phenoxy) is 2. The lowest BCUT2D eigenvalue weighted by molar-refractivity contribution is 0.174. The second kappa shape index (κ2) is 5.40. The van der Waals surface area contributed by atoms with E-state index in [1.807, 2.05) is 25.1 Å². The molecule has 0 bridgehead atoms. The Bertz CT molecular complexity index is 420. The van der Waals surface area contributed by atoms with Gasteiger partial charge in [-0.1, -0.05) is 6.07 Å². The van der Waals surface area contributed by atoms with Gasteiger partial charge in [-0.05, 0) is 24.6 Å². The van der Waals surface area contributed by atoms with Crippen molar-refractivity contribution in [1.29, 1.82) is 0 Å². The first kappa shape index (κ1) is 11.5. The highest BCUT2D eigenvalue weighted by Crippen LogP contribution is 2.32. The molecule has 0 unspecified atom stereocenters. The summed E-state index contributed by atoms with van der Waals surface area (Å²) in [5.74, 6) is 7.45. The Morgan fingerprint density at radius 1 is 1.41 bits per heavy atom. The standard InChI is InChI=1S/C11H16N4O2/c1-2-13-11(15-12)14-6-8-3-4-9-10(5-8)17-7-16-9/h3-5H,2,6-7,12H2,1H3,(H2,13,14,15). The van der Waals surface area contributed by atoms with E-state index in [1.54, 1.807) is 0 Å². The van der Waals surface area contributed by atoms with Crippen LogP contribution in [0.4, 0.5) is 0 Å². The number of nitrogens with one attached hydrogen (secondary N) is 2. The number of hydrogen-bond acceptors (Lipinski definition) is 4. The van der Waals surface area contributed by atoms with Gasteiger partial charge in [0.25, 0.3) is 0 Å². The molecule has 0 aromatic heterocycles. The van der Waals surface area contributed by atoms with E-state index in [0.29, 0.717) is 12.5 Å². The van der Waals surface area contributed by atoms with Gasteiger partial charge < -0.3 is 14.8 Å². The lowest BCUT2D eigenvalue weighted by atomic mass is 10.2. The molecule has 1 heterocycles. The van der Waals surface area contributed by atoms with Crippen LogP contribution in [0.1, 0.15) is 12.5 Å². The van der Waals surface area contributed by atoms with Crippen LogP contribution in [0.15, 0.2) is 23.2 Å². The van der Waals surface area contributed by atoms with E-state index in [1.165, 1.54) is 0 Å². The summed E-state index contributed by atoms with van der Waals surface area (Å²) in [6.07, 6.45) is 0. The van der Waals surface area contributed by atoms with E-state index in [4.69, 9.17) is 15.3 Å². The van der Waals surface area contributed by atoms with Crippen molar-refractivity contribution in [3.05, 3.63) is 23.8 Å². The molecular weight excluding hydrogens is 220 g/mol. The van der Waals surface area contributed by atoms with E-state index >= 15 is 0 Å². The van der Waals surface area contributed by atoms with Crippen LogP contribution in [0.2, 0.25) is 0 Å². The number of rotatable bonds is 3. The number of nitrogens with zero attached hydrogens (tertiary/aromatic N) is 1. The zero-order valence-corrected chi connectivity index (χ0v) is 9.69. The van der Waals surface area contributed by atoms with Gasteiger partial charge in [-0.3, -0.25) is 5.43 Å². The quantitative estimate of drug-likeness (QED) is 0.305. The fourth-order valence-corrected chi connectivity index (χ4v) is 1.53. The molecule has 2 rings (SSSR count). The average Bonchev–Trinajstić information content (AvgIpc) is 2.81. The van der Waals surface area contributed by atoms with Crippen molar-refractivity contribution in [2.24, 2.45) is 10.8 Å². The van der Waals surface area contributed by atoms with Crippen molar-refractivity contribution in [2.75, 3.05) is 13.3 Å². The molecule has 92 valence electrons. The largest absolute Gasteiger partial charge is 0.454 e. The van der Waals surface area contributed by atoms with Gasteiger partial charge in [0.15, 0.2) is 11.5 Å². The first-order valence-corrected chi connectivity index (χ1v) is 5.47. The molecule has 0 amide bonds. The third-order valence-corrected chi connectivity index (χ3v) is 2.34. The molecule has 1 aliphatic rings. The molecule has 0 saturated heterocycles. The Morgan fingerprint density at radius 3 is 3.00 bits per heavy atom. The summed E-state index contributed by atoms with van der Waals surface area (Å²) in [5, 5.41) is 3.01. The molecule has 6 heteroatoms. The zero-order valence-electron chi connectivity index (χ0n) is 9.69. The van der Waals surface area contributed by atoms with Crippen molar-refractivity contribution in [1.82, 2.24) is 10.7 Å². The van der Waals surface area contributed by atoms with Crippen LogP contribution in [-0.4, -0.2) is 19.3 Å². The molecule has 4 N–H and O–H groups in total. The van der Waals surface area contributed by atoms with Gasteiger partial charge in [0, 0.05) is 6.54 Å². The van der Waals surface area contributed by atoms with E-state index in [9.17, 15) is 0 Å². The Labute approximate surface area is 99.8 Å². The minimum Gasteiger partial charge on any atom is -0.454 e. The lowest BCUT2D eigenvalue weighted by Gasteiger charge is -2.06. The maximum Gasteiger partial charge on any atom is 0.231 e. The van der Waals surface area contributed by atoms with Gasteiger partial charge in [0.2, 0.25) is 12.8 Å². The van der Waals surface area contributed by atoms with Crippen molar-refractivity contribution in [3.63, 3.8) is 0 Å². The predicted octanol–water partition coefficient (Wildman–Crippen LogP) is 0.344. The molecule has 0 saturated carbocycles. The average molecular weight is 236 g/mol. The van der Waals surface area contributed by atoms with E-state index in [2.05, 4.69) is 15.7 Å². The molecular formula is C11H16N4O2. The lowest BCUT2D eigenvalue weighted by Crippen LogP contribution is -2.41. The highest BCUT2D eigenvalue weighted by Gasteiger charge is 2.12. The van der Waals surface area contributed by atoms with Crippen molar-refractivity contribution >= 4 is 5.96 Å². The topological polar surface area (TPSA) is 80.9 Å². The highest BCUT2D eigenvalue weighted by atomic mass is 16.7. The first-order chi connectivity index (χ1) is 8.33. The van der Waals surface area contributed by atoms with Crippen LogP contribution >= 0.6 is 0 Å². The Kier molecular flexibility index (Phi) is 3.66.